The van der Waals surface area contributed by atoms with E-state index in [1.54, 1.807) is 0 Å². The van der Waals surface area contributed by atoms with Crippen molar-refractivity contribution in [3.05, 3.63) is 59.9 Å². The second-order valence-electron chi connectivity index (χ2n) is 5.88. The monoisotopic (exact) mass is 349 g/mol. The molecular formula is C19H19N5O2. The fraction of sp³-hybridized carbons (Fsp3) is 0.263. The first-order valence-corrected chi connectivity index (χ1v) is 8.65. The molecule has 0 radical (unpaired) electrons. The van der Waals surface area contributed by atoms with Crippen molar-refractivity contribution in [2.45, 2.75) is 26.7 Å². The second kappa shape index (κ2) is 6.95. The first-order valence-electron chi connectivity index (χ1n) is 8.65. The normalized spacial score (nSPS) is 11.2. The lowest BCUT2D eigenvalue weighted by atomic mass is 10.1. The minimum atomic E-state index is 0.559. The summed E-state index contributed by atoms with van der Waals surface area (Å²) in [4.78, 5) is 4.52. The number of hydrogen-bond donors (Lipinski definition) is 0. The van der Waals surface area contributed by atoms with Gasteiger partial charge in [0.1, 0.15) is 11.6 Å². The standard InChI is InChI=1S/C19H19N5O2/c1-3-16-21-22-17-10-7-14(12-24(16)17)19-20-18(26-23-19)11-13-5-8-15(9-6-13)25-4-2/h5-10,12H,3-4,11H2,1-2H3. The van der Waals surface area contributed by atoms with E-state index in [-0.39, 0.29) is 0 Å². The van der Waals surface area contributed by atoms with Gasteiger partial charge in [-0.2, -0.15) is 4.98 Å². The SMILES string of the molecule is CCOc1ccc(Cc2nc(-c3ccc4nnc(CC)n4c3)no2)cc1. The van der Waals surface area contributed by atoms with Crippen molar-refractivity contribution in [3.8, 4) is 17.1 Å². The Hall–Kier alpha value is -3.22. The van der Waals surface area contributed by atoms with Crippen molar-refractivity contribution in [2.75, 3.05) is 6.61 Å². The summed E-state index contributed by atoms with van der Waals surface area (Å²) in [5, 5.41) is 12.4. The maximum atomic E-state index is 5.46. The quantitative estimate of drug-likeness (QED) is 0.531. The Morgan fingerprint density at radius 3 is 2.65 bits per heavy atom. The summed E-state index contributed by atoms with van der Waals surface area (Å²) in [7, 11) is 0. The minimum Gasteiger partial charge on any atom is -0.494 e. The average Bonchev–Trinajstić information content (AvgIpc) is 3.29. The Morgan fingerprint density at radius 1 is 1.04 bits per heavy atom. The van der Waals surface area contributed by atoms with E-state index < -0.39 is 0 Å². The van der Waals surface area contributed by atoms with E-state index in [1.165, 1.54) is 0 Å². The summed E-state index contributed by atoms with van der Waals surface area (Å²) >= 11 is 0. The van der Waals surface area contributed by atoms with Crippen LogP contribution >= 0.6 is 0 Å². The lowest BCUT2D eigenvalue weighted by Gasteiger charge is -2.03. The molecule has 0 bridgehead atoms. The topological polar surface area (TPSA) is 78.3 Å². The number of nitrogens with zero attached hydrogens (tertiary/aromatic N) is 5. The van der Waals surface area contributed by atoms with Gasteiger partial charge in [-0.15, -0.1) is 10.2 Å². The Balaban J connectivity index is 1.55. The van der Waals surface area contributed by atoms with Crippen molar-refractivity contribution >= 4 is 5.65 Å². The highest BCUT2D eigenvalue weighted by Crippen LogP contribution is 2.19. The van der Waals surface area contributed by atoms with Crippen LogP contribution in [0.4, 0.5) is 0 Å². The lowest BCUT2D eigenvalue weighted by molar-refractivity contribution is 0.340. The number of benzene rings is 1. The smallest absolute Gasteiger partial charge is 0.231 e. The van der Waals surface area contributed by atoms with Crippen LogP contribution in [0.1, 0.15) is 31.1 Å². The summed E-state index contributed by atoms with van der Waals surface area (Å²) < 4.78 is 12.8. The molecule has 3 aromatic heterocycles. The summed E-state index contributed by atoms with van der Waals surface area (Å²) in [6, 6.07) is 11.7. The molecule has 7 heteroatoms. The van der Waals surface area contributed by atoms with Crippen molar-refractivity contribution < 1.29 is 9.26 Å². The zero-order valence-corrected chi connectivity index (χ0v) is 14.7. The molecule has 4 aromatic rings. The molecule has 26 heavy (non-hydrogen) atoms. The van der Waals surface area contributed by atoms with Gasteiger partial charge in [-0.05, 0) is 36.8 Å². The van der Waals surface area contributed by atoms with Crippen LogP contribution in [0.2, 0.25) is 0 Å². The van der Waals surface area contributed by atoms with Crippen molar-refractivity contribution in [1.29, 1.82) is 0 Å². The molecule has 1 aromatic carbocycles. The minimum absolute atomic E-state index is 0.559. The molecule has 4 rings (SSSR count). The van der Waals surface area contributed by atoms with Crippen LogP contribution in [-0.2, 0) is 12.8 Å². The Kier molecular flexibility index (Phi) is 4.35. The third-order valence-electron chi connectivity index (χ3n) is 4.11. The largest absolute Gasteiger partial charge is 0.494 e. The first-order chi connectivity index (χ1) is 12.8. The van der Waals surface area contributed by atoms with E-state index in [0.29, 0.717) is 24.7 Å². The Bertz CT molecular complexity index is 1020. The summed E-state index contributed by atoms with van der Waals surface area (Å²) in [5.74, 6) is 2.89. The number of aromatic nitrogens is 5. The van der Waals surface area contributed by atoms with Gasteiger partial charge in [0.2, 0.25) is 11.7 Å². The lowest BCUT2D eigenvalue weighted by Crippen LogP contribution is -1.94. The molecule has 0 saturated carbocycles. The number of hydrogen-bond acceptors (Lipinski definition) is 6. The number of ether oxygens (including phenoxy) is 1. The zero-order chi connectivity index (χ0) is 17.9. The molecule has 0 unspecified atom stereocenters. The van der Waals surface area contributed by atoms with Crippen LogP contribution in [0.3, 0.4) is 0 Å². The summed E-state index contributed by atoms with van der Waals surface area (Å²) in [6.45, 7) is 4.67. The van der Waals surface area contributed by atoms with Gasteiger partial charge < -0.3 is 9.26 Å². The Morgan fingerprint density at radius 2 is 1.88 bits per heavy atom. The van der Waals surface area contributed by atoms with Crippen LogP contribution in [0.25, 0.3) is 17.0 Å². The highest BCUT2D eigenvalue weighted by molar-refractivity contribution is 5.57. The van der Waals surface area contributed by atoms with E-state index in [2.05, 4.69) is 20.3 Å². The molecule has 132 valence electrons. The molecule has 0 aliphatic heterocycles. The third-order valence-corrected chi connectivity index (χ3v) is 4.11. The number of aryl methyl sites for hydroxylation is 1. The van der Waals surface area contributed by atoms with Crippen LogP contribution in [0.15, 0.2) is 47.1 Å². The number of pyridine rings is 1. The summed E-state index contributed by atoms with van der Waals surface area (Å²) in [6.07, 6.45) is 3.33. The molecule has 0 spiro atoms. The molecule has 0 N–H and O–H groups in total. The van der Waals surface area contributed by atoms with Gasteiger partial charge in [-0.3, -0.25) is 4.40 Å². The predicted octanol–water partition coefficient (Wildman–Crippen LogP) is 3.33. The van der Waals surface area contributed by atoms with E-state index in [1.807, 2.05) is 60.8 Å². The van der Waals surface area contributed by atoms with Gasteiger partial charge in [0.25, 0.3) is 0 Å². The van der Waals surface area contributed by atoms with E-state index in [0.717, 1.165) is 34.8 Å². The fourth-order valence-corrected chi connectivity index (χ4v) is 2.80. The van der Waals surface area contributed by atoms with Crippen LogP contribution in [0.5, 0.6) is 5.75 Å². The van der Waals surface area contributed by atoms with Gasteiger partial charge in [0.05, 0.1) is 13.0 Å². The molecule has 0 saturated heterocycles. The number of rotatable bonds is 6. The van der Waals surface area contributed by atoms with Gasteiger partial charge in [-0.1, -0.05) is 24.2 Å². The summed E-state index contributed by atoms with van der Waals surface area (Å²) in [5.41, 5.74) is 2.77. The van der Waals surface area contributed by atoms with Crippen molar-refractivity contribution in [2.24, 2.45) is 0 Å². The maximum absolute atomic E-state index is 5.46. The van der Waals surface area contributed by atoms with Gasteiger partial charge in [-0.25, -0.2) is 0 Å². The molecule has 0 aliphatic rings. The third kappa shape index (κ3) is 3.15. The van der Waals surface area contributed by atoms with Crippen molar-refractivity contribution in [3.63, 3.8) is 0 Å². The number of fused-ring (bicyclic) bond motifs is 1. The molecule has 0 atom stereocenters. The average molecular weight is 349 g/mol. The molecular weight excluding hydrogens is 330 g/mol. The molecule has 0 fully saturated rings. The van der Waals surface area contributed by atoms with Gasteiger partial charge in [0, 0.05) is 18.2 Å². The van der Waals surface area contributed by atoms with E-state index >= 15 is 0 Å². The zero-order valence-electron chi connectivity index (χ0n) is 14.7. The van der Waals surface area contributed by atoms with Gasteiger partial charge in [0.15, 0.2) is 5.65 Å². The van der Waals surface area contributed by atoms with Crippen LogP contribution in [-0.4, -0.2) is 31.3 Å². The second-order valence-corrected chi connectivity index (χ2v) is 5.88. The molecule has 0 aliphatic carbocycles. The van der Waals surface area contributed by atoms with Crippen LogP contribution in [0, 0.1) is 0 Å². The molecule has 7 nitrogen and oxygen atoms in total. The predicted molar refractivity (Wildman–Crippen MR) is 96.1 cm³/mol. The highest BCUT2D eigenvalue weighted by Gasteiger charge is 2.12. The highest BCUT2D eigenvalue weighted by atomic mass is 16.5. The Labute approximate surface area is 150 Å². The van der Waals surface area contributed by atoms with Gasteiger partial charge >= 0.3 is 0 Å². The first kappa shape index (κ1) is 16.3. The molecule has 3 heterocycles. The molecule has 0 amide bonds. The maximum Gasteiger partial charge on any atom is 0.231 e. The van der Waals surface area contributed by atoms with Crippen LogP contribution < -0.4 is 4.74 Å². The fourth-order valence-electron chi connectivity index (χ4n) is 2.80. The van der Waals surface area contributed by atoms with Crippen molar-refractivity contribution in [1.82, 2.24) is 24.7 Å². The van der Waals surface area contributed by atoms with E-state index in [4.69, 9.17) is 9.26 Å². The van der Waals surface area contributed by atoms with E-state index in [9.17, 15) is 0 Å².